The fraction of sp³-hybridized carbons (Fsp3) is 0.591. The fourth-order valence-electron chi connectivity index (χ4n) is 5.94. The molecule has 12 heteroatoms. The summed E-state index contributed by atoms with van der Waals surface area (Å²) in [6.07, 6.45) is 6.73. The number of halogens is 1. The SMILES string of the molecule is Cn1ccc(C2(CNC(=O)O)C3CCN(c4cnc5c(I)nn(C6CCCCO6)c5n4)CC32)n1. The largest absolute Gasteiger partial charge is 0.465 e. The van der Waals surface area contributed by atoms with Gasteiger partial charge in [-0.1, -0.05) is 0 Å². The number of carbonyl (C=O) groups is 1. The zero-order valence-electron chi connectivity index (χ0n) is 18.9. The Balaban J connectivity index is 1.29. The zero-order valence-corrected chi connectivity index (χ0v) is 21.1. The van der Waals surface area contributed by atoms with E-state index in [1.54, 1.807) is 4.68 Å². The molecule has 3 aliphatic rings. The van der Waals surface area contributed by atoms with Crippen molar-refractivity contribution < 1.29 is 14.6 Å². The summed E-state index contributed by atoms with van der Waals surface area (Å²) in [5.74, 6) is 1.52. The Morgan fingerprint density at radius 2 is 2.21 bits per heavy atom. The van der Waals surface area contributed by atoms with Crippen LogP contribution in [0.15, 0.2) is 18.5 Å². The van der Waals surface area contributed by atoms with Crippen LogP contribution in [0.2, 0.25) is 0 Å². The molecule has 2 saturated heterocycles. The Labute approximate surface area is 210 Å². The van der Waals surface area contributed by atoms with Gasteiger partial charge in [-0.05, 0) is 66.2 Å². The maximum Gasteiger partial charge on any atom is 0.404 e. The zero-order chi connectivity index (χ0) is 23.4. The number of nitrogens with one attached hydrogen (secondary N) is 1. The second-order valence-electron chi connectivity index (χ2n) is 9.48. The highest BCUT2D eigenvalue weighted by Crippen LogP contribution is 2.63. The summed E-state index contributed by atoms with van der Waals surface area (Å²) in [6, 6.07) is 2.02. The number of hydrogen-bond acceptors (Lipinski definition) is 7. The van der Waals surface area contributed by atoms with Crippen LogP contribution in [0.25, 0.3) is 11.2 Å². The Kier molecular flexibility index (Phi) is 5.39. The van der Waals surface area contributed by atoms with E-state index >= 15 is 0 Å². The summed E-state index contributed by atoms with van der Waals surface area (Å²) in [7, 11) is 1.89. The van der Waals surface area contributed by atoms with Gasteiger partial charge < -0.3 is 20.1 Å². The molecule has 5 heterocycles. The number of piperidine rings is 1. The highest BCUT2D eigenvalue weighted by Gasteiger charge is 2.67. The van der Waals surface area contributed by atoms with E-state index in [1.165, 1.54) is 0 Å². The summed E-state index contributed by atoms with van der Waals surface area (Å²) in [6.45, 7) is 2.74. The van der Waals surface area contributed by atoms with Gasteiger partial charge in [0.05, 0.1) is 11.9 Å². The highest BCUT2D eigenvalue weighted by atomic mass is 127. The maximum absolute atomic E-state index is 11.3. The molecular formula is C22H27IN8O3. The minimum absolute atomic E-state index is 0.0996. The van der Waals surface area contributed by atoms with E-state index in [-0.39, 0.29) is 11.6 Å². The molecule has 11 nitrogen and oxygen atoms in total. The lowest BCUT2D eigenvalue weighted by Gasteiger charge is -2.27. The van der Waals surface area contributed by atoms with Crippen LogP contribution in [0.1, 0.15) is 37.6 Å². The van der Waals surface area contributed by atoms with E-state index in [9.17, 15) is 9.90 Å². The molecule has 1 saturated carbocycles. The topological polar surface area (TPSA) is 123 Å². The van der Waals surface area contributed by atoms with Gasteiger partial charge >= 0.3 is 6.09 Å². The number of hydrogen-bond donors (Lipinski definition) is 2. The summed E-state index contributed by atoms with van der Waals surface area (Å²) in [5, 5.41) is 21.3. The summed E-state index contributed by atoms with van der Waals surface area (Å²) in [5.41, 5.74) is 2.24. The van der Waals surface area contributed by atoms with Crippen molar-refractivity contribution in [3.63, 3.8) is 0 Å². The Hall–Kier alpha value is -2.48. The standard InChI is InChI=1S/C22H27IN8O3/c1-29-7-6-15(27-29)22(12-25-21(32)33)13-5-8-30(11-14(13)22)16-10-24-18-19(23)28-31(20(18)26-16)17-4-2-3-9-34-17/h6-7,10,13-14,17,25H,2-5,8-9,11-12H2,1H3,(H,32,33). The predicted molar refractivity (Wildman–Crippen MR) is 132 cm³/mol. The minimum Gasteiger partial charge on any atom is -0.465 e. The Morgan fingerprint density at radius 3 is 2.94 bits per heavy atom. The molecule has 3 aromatic heterocycles. The average Bonchev–Trinajstić information content (AvgIpc) is 3.08. The van der Waals surface area contributed by atoms with E-state index in [1.807, 2.05) is 30.2 Å². The van der Waals surface area contributed by atoms with E-state index in [4.69, 9.17) is 14.7 Å². The lowest BCUT2D eigenvalue weighted by atomic mass is 9.97. The number of rotatable bonds is 5. The third-order valence-electron chi connectivity index (χ3n) is 7.65. The number of amides is 1. The molecule has 1 aliphatic carbocycles. The van der Waals surface area contributed by atoms with Crippen LogP contribution in [0, 0.1) is 15.5 Å². The molecule has 3 fully saturated rings. The van der Waals surface area contributed by atoms with Crippen molar-refractivity contribution >= 4 is 45.7 Å². The molecular weight excluding hydrogens is 551 g/mol. The van der Waals surface area contributed by atoms with Gasteiger partial charge in [-0.3, -0.25) is 4.68 Å². The second kappa shape index (κ2) is 8.33. The third-order valence-corrected chi connectivity index (χ3v) is 8.38. The van der Waals surface area contributed by atoms with E-state index < -0.39 is 6.09 Å². The van der Waals surface area contributed by atoms with Crippen LogP contribution >= 0.6 is 22.6 Å². The quantitative estimate of drug-likeness (QED) is 0.443. The summed E-state index contributed by atoms with van der Waals surface area (Å²) >= 11 is 2.21. The minimum atomic E-state index is -1.00. The van der Waals surface area contributed by atoms with E-state index in [0.29, 0.717) is 18.4 Å². The van der Waals surface area contributed by atoms with Crippen molar-refractivity contribution in [1.82, 2.24) is 34.8 Å². The molecule has 180 valence electrons. The molecule has 34 heavy (non-hydrogen) atoms. The monoisotopic (exact) mass is 578 g/mol. The summed E-state index contributed by atoms with van der Waals surface area (Å²) in [4.78, 5) is 23.3. The number of nitrogens with zero attached hydrogens (tertiary/aromatic N) is 7. The second-order valence-corrected chi connectivity index (χ2v) is 10.5. The Bertz CT molecular complexity index is 1240. The van der Waals surface area contributed by atoms with Crippen LogP contribution < -0.4 is 10.2 Å². The normalized spacial score (nSPS) is 28.6. The van der Waals surface area contributed by atoms with Crippen molar-refractivity contribution in [3.8, 4) is 0 Å². The lowest BCUT2D eigenvalue weighted by Crippen LogP contribution is -2.35. The van der Waals surface area contributed by atoms with Gasteiger partial charge in [0.2, 0.25) is 0 Å². The van der Waals surface area contributed by atoms with Crippen molar-refractivity contribution in [2.45, 2.75) is 37.3 Å². The van der Waals surface area contributed by atoms with Gasteiger partial charge in [-0.2, -0.15) is 10.2 Å². The smallest absolute Gasteiger partial charge is 0.404 e. The third kappa shape index (κ3) is 3.53. The van der Waals surface area contributed by atoms with Gasteiger partial charge in [0.15, 0.2) is 15.6 Å². The van der Waals surface area contributed by atoms with Gasteiger partial charge in [-0.15, -0.1) is 0 Å². The first-order valence-corrected chi connectivity index (χ1v) is 12.8. The van der Waals surface area contributed by atoms with Crippen molar-refractivity contribution in [2.24, 2.45) is 18.9 Å². The van der Waals surface area contributed by atoms with Crippen molar-refractivity contribution in [3.05, 3.63) is 27.9 Å². The first-order valence-electron chi connectivity index (χ1n) is 11.7. The van der Waals surface area contributed by atoms with Crippen LogP contribution in [0.3, 0.4) is 0 Å². The van der Waals surface area contributed by atoms with Gasteiger partial charge in [0.1, 0.15) is 11.3 Å². The summed E-state index contributed by atoms with van der Waals surface area (Å²) < 4.78 is 10.5. The molecule has 4 unspecified atom stereocenters. The first-order chi connectivity index (χ1) is 16.5. The Morgan fingerprint density at radius 1 is 1.32 bits per heavy atom. The molecule has 3 aromatic rings. The van der Waals surface area contributed by atoms with Crippen molar-refractivity contribution in [2.75, 3.05) is 31.1 Å². The number of aryl methyl sites for hydroxylation is 1. The van der Waals surface area contributed by atoms with E-state index in [0.717, 1.165) is 71.8 Å². The maximum atomic E-state index is 11.3. The van der Waals surface area contributed by atoms with E-state index in [2.05, 4.69) is 43.0 Å². The molecule has 2 aliphatic heterocycles. The molecule has 1 amide bonds. The molecule has 0 bridgehead atoms. The molecule has 0 spiro atoms. The number of ether oxygens (including phenoxy) is 1. The molecule has 4 atom stereocenters. The number of aromatic nitrogens is 6. The van der Waals surface area contributed by atoms with Crippen LogP contribution in [-0.2, 0) is 17.2 Å². The fourth-order valence-corrected chi connectivity index (χ4v) is 6.55. The molecule has 2 N–H and O–H groups in total. The molecule has 6 rings (SSSR count). The highest BCUT2D eigenvalue weighted by molar-refractivity contribution is 14.1. The van der Waals surface area contributed by atoms with Crippen LogP contribution in [-0.4, -0.2) is 67.0 Å². The average molecular weight is 578 g/mol. The molecule has 0 aromatic carbocycles. The van der Waals surface area contributed by atoms with Gasteiger partial charge in [0, 0.05) is 44.9 Å². The van der Waals surface area contributed by atoms with Gasteiger partial charge in [-0.25, -0.2) is 19.4 Å². The molecule has 0 radical (unpaired) electrons. The number of fused-ring (bicyclic) bond motifs is 2. The predicted octanol–water partition coefficient (Wildman–Crippen LogP) is 2.53. The van der Waals surface area contributed by atoms with Gasteiger partial charge in [0.25, 0.3) is 0 Å². The first kappa shape index (κ1) is 22.0. The van der Waals surface area contributed by atoms with Crippen LogP contribution in [0.5, 0.6) is 0 Å². The van der Waals surface area contributed by atoms with Crippen molar-refractivity contribution in [1.29, 1.82) is 0 Å². The lowest BCUT2D eigenvalue weighted by molar-refractivity contribution is -0.0372. The number of anilines is 1. The number of carboxylic acid groups (broad SMARTS) is 1. The van der Waals surface area contributed by atoms with Crippen LogP contribution in [0.4, 0.5) is 10.6 Å².